The zero-order chi connectivity index (χ0) is 17.2. The summed E-state index contributed by atoms with van der Waals surface area (Å²) in [6.45, 7) is 11.5. The minimum Gasteiger partial charge on any atom is -0.377 e. The second-order valence-electron chi connectivity index (χ2n) is 8.67. The van der Waals surface area contributed by atoms with Gasteiger partial charge in [-0.25, -0.2) is 0 Å². The van der Waals surface area contributed by atoms with Crippen molar-refractivity contribution in [2.45, 2.75) is 66.4 Å². The van der Waals surface area contributed by atoms with Crippen molar-refractivity contribution in [2.24, 2.45) is 22.7 Å². The van der Waals surface area contributed by atoms with Gasteiger partial charge in [0.25, 0.3) is 0 Å². The number of fused-ring (bicyclic) bond motifs is 1. The zero-order valence-corrected chi connectivity index (χ0v) is 16.0. The van der Waals surface area contributed by atoms with Crippen molar-refractivity contribution in [3.8, 4) is 0 Å². The lowest BCUT2D eigenvalue weighted by Gasteiger charge is -2.58. The Morgan fingerprint density at radius 1 is 1.12 bits per heavy atom. The van der Waals surface area contributed by atoms with E-state index in [0.29, 0.717) is 10.8 Å². The molecule has 0 saturated heterocycles. The first kappa shape index (κ1) is 17.7. The van der Waals surface area contributed by atoms with Crippen LogP contribution in [0.25, 0.3) is 0 Å². The molecular weight excluding hydrogens is 292 g/mol. The van der Waals surface area contributed by atoms with Gasteiger partial charge in [0.05, 0.1) is 6.61 Å². The summed E-state index contributed by atoms with van der Waals surface area (Å²) in [6, 6.07) is 10.5. The molecule has 0 radical (unpaired) electrons. The minimum atomic E-state index is 0.402. The monoisotopic (exact) mass is 326 g/mol. The highest BCUT2D eigenvalue weighted by atomic mass is 16.5. The number of hydrogen-bond donors (Lipinski definition) is 0. The Labute approximate surface area is 148 Å². The lowest BCUT2D eigenvalue weighted by Crippen LogP contribution is -2.50. The number of ether oxygens (including phenoxy) is 1. The fraction of sp³-hybridized carbons (Fsp3) is 0.652. The molecule has 3 rings (SSSR count). The smallest absolute Gasteiger partial charge is 0.0716 e. The normalized spacial score (nSPS) is 36.1. The summed E-state index contributed by atoms with van der Waals surface area (Å²) in [5.74, 6) is 1.60. The van der Waals surface area contributed by atoms with E-state index in [2.05, 4.69) is 64.1 Å². The molecule has 0 N–H and O–H groups in total. The third-order valence-corrected chi connectivity index (χ3v) is 7.49. The molecule has 4 atom stereocenters. The molecule has 1 aromatic carbocycles. The summed E-state index contributed by atoms with van der Waals surface area (Å²) >= 11 is 0. The Kier molecular flexibility index (Phi) is 5.20. The Balaban J connectivity index is 1.65. The number of allylic oxidation sites excluding steroid dienone is 2. The zero-order valence-electron chi connectivity index (χ0n) is 16.0. The first-order valence-electron chi connectivity index (χ1n) is 9.76. The van der Waals surface area contributed by atoms with Crippen molar-refractivity contribution in [2.75, 3.05) is 6.61 Å². The van der Waals surface area contributed by atoms with E-state index in [4.69, 9.17) is 4.74 Å². The first-order chi connectivity index (χ1) is 11.5. The molecule has 0 heterocycles. The maximum atomic E-state index is 6.06. The van der Waals surface area contributed by atoms with Gasteiger partial charge in [-0.3, -0.25) is 0 Å². The summed E-state index contributed by atoms with van der Waals surface area (Å²) < 4.78 is 6.06. The Morgan fingerprint density at radius 3 is 2.62 bits per heavy atom. The molecular formula is C23H34O. The molecule has 1 saturated carbocycles. The molecule has 0 amide bonds. The second kappa shape index (κ2) is 7.04. The Hall–Kier alpha value is -1.08. The van der Waals surface area contributed by atoms with Crippen LogP contribution in [-0.4, -0.2) is 6.61 Å². The standard InChI is InChI=1S/C23H34O/c1-18-9-8-12-21-22(18,3)14-13-19(2)23(21,4)15-16-24-17-20-10-6-5-7-11-20/h5-7,9-11,19,21H,8,12-17H2,1-4H3/t19-,21-,22+,23-/m1/s1. The molecule has 24 heavy (non-hydrogen) atoms. The van der Waals surface area contributed by atoms with Crippen molar-refractivity contribution in [1.29, 1.82) is 0 Å². The fourth-order valence-corrected chi connectivity index (χ4v) is 5.39. The lowest BCUT2D eigenvalue weighted by molar-refractivity contribution is -0.0627. The molecule has 0 unspecified atom stereocenters. The van der Waals surface area contributed by atoms with Gasteiger partial charge >= 0.3 is 0 Å². The molecule has 1 heteroatoms. The van der Waals surface area contributed by atoms with Crippen LogP contribution in [0.5, 0.6) is 0 Å². The minimum absolute atomic E-state index is 0.402. The van der Waals surface area contributed by atoms with E-state index in [0.717, 1.165) is 25.0 Å². The summed E-state index contributed by atoms with van der Waals surface area (Å²) in [7, 11) is 0. The molecule has 0 spiro atoms. The van der Waals surface area contributed by atoms with Gasteiger partial charge in [0.15, 0.2) is 0 Å². The van der Waals surface area contributed by atoms with Crippen molar-refractivity contribution in [3.05, 3.63) is 47.5 Å². The van der Waals surface area contributed by atoms with Gasteiger partial charge in [0, 0.05) is 6.61 Å². The highest BCUT2D eigenvalue weighted by Gasteiger charge is 2.52. The van der Waals surface area contributed by atoms with Crippen LogP contribution in [0.2, 0.25) is 0 Å². The predicted molar refractivity (Wildman–Crippen MR) is 102 cm³/mol. The van der Waals surface area contributed by atoms with Gasteiger partial charge < -0.3 is 4.74 Å². The average molecular weight is 327 g/mol. The van der Waals surface area contributed by atoms with E-state index in [1.165, 1.54) is 37.7 Å². The summed E-state index contributed by atoms with van der Waals surface area (Å²) in [4.78, 5) is 0. The number of benzene rings is 1. The van der Waals surface area contributed by atoms with Gasteiger partial charge in [0.2, 0.25) is 0 Å². The van der Waals surface area contributed by atoms with E-state index < -0.39 is 0 Å². The number of hydrogen-bond acceptors (Lipinski definition) is 1. The molecule has 2 aliphatic carbocycles. The van der Waals surface area contributed by atoms with Crippen LogP contribution in [0.1, 0.15) is 65.4 Å². The third-order valence-electron chi connectivity index (χ3n) is 7.49. The highest BCUT2D eigenvalue weighted by Crippen LogP contribution is 2.61. The maximum absolute atomic E-state index is 6.06. The molecule has 0 bridgehead atoms. The molecule has 132 valence electrons. The topological polar surface area (TPSA) is 9.23 Å². The van der Waals surface area contributed by atoms with E-state index in [1.54, 1.807) is 5.57 Å². The van der Waals surface area contributed by atoms with Crippen LogP contribution in [0.15, 0.2) is 42.0 Å². The van der Waals surface area contributed by atoms with E-state index in [1.807, 2.05) is 0 Å². The largest absolute Gasteiger partial charge is 0.377 e. The van der Waals surface area contributed by atoms with Gasteiger partial charge in [0.1, 0.15) is 0 Å². The van der Waals surface area contributed by atoms with Crippen molar-refractivity contribution in [1.82, 2.24) is 0 Å². The van der Waals surface area contributed by atoms with E-state index >= 15 is 0 Å². The average Bonchev–Trinajstić information content (AvgIpc) is 2.59. The molecule has 0 aliphatic heterocycles. The SMILES string of the molecule is CC1=CCC[C@H]2[C@](C)(CCOCc3ccccc3)[C@H](C)CC[C@@]12C. The van der Waals surface area contributed by atoms with Gasteiger partial charge in [-0.2, -0.15) is 0 Å². The molecule has 1 nitrogen and oxygen atoms in total. The van der Waals surface area contributed by atoms with Gasteiger partial charge in [-0.1, -0.05) is 62.8 Å². The van der Waals surface area contributed by atoms with Crippen LogP contribution in [0, 0.1) is 22.7 Å². The molecule has 0 aromatic heterocycles. The Bertz CT molecular complexity index is 575. The summed E-state index contributed by atoms with van der Waals surface area (Å²) in [5.41, 5.74) is 3.74. The van der Waals surface area contributed by atoms with E-state index in [9.17, 15) is 0 Å². The highest BCUT2D eigenvalue weighted by molar-refractivity contribution is 5.20. The van der Waals surface area contributed by atoms with Crippen molar-refractivity contribution < 1.29 is 4.74 Å². The molecule has 1 aromatic rings. The maximum Gasteiger partial charge on any atom is 0.0716 e. The van der Waals surface area contributed by atoms with Crippen LogP contribution < -0.4 is 0 Å². The number of rotatable bonds is 5. The second-order valence-corrected chi connectivity index (χ2v) is 8.67. The van der Waals surface area contributed by atoms with Gasteiger partial charge in [-0.15, -0.1) is 0 Å². The van der Waals surface area contributed by atoms with Crippen LogP contribution in [-0.2, 0) is 11.3 Å². The summed E-state index contributed by atoms with van der Waals surface area (Å²) in [5, 5.41) is 0. The van der Waals surface area contributed by atoms with Gasteiger partial charge in [-0.05, 0) is 67.3 Å². The van der Waals surface area contributed by atoms with Crippen LogP contribution in [0.3, 0.4) is 0 Å². The third kappa shape index (κ3) is 3.20. The molecule has 2 aliphatic rings. The Morgan fingerprint density at radius 2 is 1.88 bits per heavy atom. The van der Waals surface area contributed by atoms with Crippen molar-refractivity contribution in [3.63, 3.8) is 0 Å². The molecule has 1 fully saturated rings. The first-order valence-corrected chi connectivity index (χ1v) is 9.76. The van der Waals surface area contributed by atoms with E-state index in [-0.39, 0.29) is 0 Å². The summed E-state index contributed by atoms with van der Waals surface area (Å²) in [6.07, 6.45) is 9.02. The fourth-order valence-electron chi connectivity index (χ4n) is 5.39. The quantitative estimate of drug-likeness (QED) is 0.450. The van der Waals surface area contributed by atoms with Crippen molar-refractivity contribution >= 4 is 0 Å². The van der Waals surface area contributed by atoms with Crippen LogP contribution in [0.4, 0.5) is 0 Å². The lowest BCUT2D eigenvalue weighted by atomic mass is 9.47. The predicted octanol–water partition coefficient (Wildman–Crippen LogP) is 6.39. The van der Waals surface area contributed by atoms with Crippen LogP contribution >= 0.6 is 0 Å².